The Kier molecular flexibility index (Phi) is 7.33. The molecule has 0 bridgehead atoms. The van der Waals surface area contributed by atoms with Crippen LogP contribution in [0.5, 0.6) is 0 Å². The average Bonchev–Trinajstić information content (AvgIpc) is 3.92. The second kappa shape index (κ2) is 13.5. The molecule has 6 heterocycles. The van der Waals surface area contributed by atoms with Gasteiger partial charge in [-0.2, -0.15) is 0 Å². The molecule has 0 aliphatic rings. The van der Waals surface area contributed by atoms with Gasteiger partial charge in [0.2, 0.25) is 0 Å². The Morgan fingerprint density at radius 3 is 0.944 bits per heavy atom. The summed E-state index contributed by atoms with van der Waals surface area (Å²) in [4.78, 5) is 61.2. The van der Waals surface area contributed by atoms with Crippen LogP contribution in [0.3, 0.4) is 0 Å². The van der Waals surface area contributed by atoms with E-state index in [-0.39, 0.29) is 10.8 Å². The maximum Gasteiger partial charge on any atom is 0.266 e. The van der Waals surface area contributed by atoms with Gasteiger partial charge in [-0.05, 0) is 86.6 Å². The average molecular weight is 931 g/mol. The molecule has 10 nitrogen and oxygen atoms in total. The number of para-hydroxylation sites is 4. The minimum absolute atomic E-state index is 0.271. The third-order valence-electron chi connectivity index (χ3n) is 15.2. The summed E-state index contributed by atoms with van der Waals surface area (Å²) < 4.78 is 21.5. The van der Waals surface area contributed by atoms with Gasteiger partial charge in [-0.25, -0.2) is 9.13 Å². The Morgan fingerprint density at radius 2 is 0.611 bits per heavy atom. The smallest absolute Gasteiger partial charge is 0.266 e. The number of pyridine rings is 2. The molecule has 0 atom stereocenters. The van der Waals surface area contributed by atoms with Crippen LogP contribution in [-0.4, -0.2) is 18.3 Å². The van der Waals surface area contributed by atoms with Crippen molar-refractivity contribution in [1.29, 1.82) is 0 Å². The van der Waals surface area contributed by atoms with Crippen molar-refractivity contribution < 1.29 is 8.83 Å². The molecule has 0 unspecified atom stereocenters. The van der Waals surface area contributed by atoms with Gasteiger partial charge in [-0.3, -0.25) is 19.2 Å². The zero-order valence-electron chi connectivity index (χ0n) is 38.4. The number of aryl methyl sites for hydroxylation is 2. The van der Waals surface area contributed by atoms with Crippen LogP contribution in [0.2, 0.25) is 0 Å². The molecule has 0 amide bonds. The number of rotatable bonds is 4. The molecule has 338 valence electrons. The van der Waals surface area contributed by atoms with Gasteiger partial charge in [-0.15, -0.1) is 0 Å². The third-order valence-corrected chi connectivity index (χ3v) is 15.2. The zero-order valence-corrected chi connectivity index (χ0v) is 38.4. The maximum atomic E-state index is 15.3. The summed E-state index contributed by atoms with van der Waals surface area (Å²) in [5.41, 5.74) is 7.04. The van der Waals surface area contributed by atoms with E-state index < -0.39 is 22.2 Å². The van der Waals surface area contributed by atoms with Crippen LogP contribution >= 0.6 is 0 Å². The van der Waals surface area contributed by atoms with Crippen LogP contribution in [0, 0.1) is 13.8 Å². The van der Waals surface area contributed by atoms with E-state index in [4.69, 9.17) is 8.83 Å². The van der Waals surface area contributed by atoms with E-state index in [9.17, 15) is 0 Å². The highest BCUT2D eigenvalue weighted by molar-refractivity contribution is 6.40. The fraction of sp³-hybridized carbons (Fsp3) is 0.0323. The first-order valence-corrected chi connectivity index (χ1v) is 23.8. The number of benzene rings is 10. The van der Waals surface area contributed by atoms with Crippen molar-refractivity contribution in [3.63, 3.8) is 0 Å². The van der Waals surface area contributed by atoms with Crippen molar-refractivity contribution in [1.82, 2.24) is 18.3 Å². The lowest BCUT2D eigenvalue weighted by Gasteiger charge is -2.22. The van der Waals surface area contributed by atoms with E-state index in [2.05, 4.69) is 33.4 Å². The molecule has 0 spiro atoms. The first kappa shape index (κ1) is 39.1. The van der Waals surface area contributed by atoms with Crippen LogP contribution in [-0.2, 0) is 0 Å². The molecule has 6 aromatic heterocycles. The van der Waals surface area contributed by atoms with Crippen LogP contribution in [0.25, 0.3) is 143 Å². The number of hydrogen-bond donors (Lipinski definition) is 0. The van der Waals surface area contributed by atoms with Crippen LogP contribution in [0.4, 0.5) is 0 Å². The Bertz CT molecular complexity index is 4880. The highest BCUT2D eigenvalue weighted by atomic mass is 16.3. The largest absolute Gasteiger partial charge is 0.454 e. The van der Waals surface area contributed by atoms with Gasteiger partial charge in [-0.1, -0.05) is 108 Å². The van der Waals surface area contributed by atoms with E-state index in [1.165, 1.54) is 9.13 Å². The summed E-state index contributed by atoms with van der Waals surface area (Å²) in [6, 6.07) is 54.4. The van der Waals surface area contributed by atoms with Gasteiger partial charge in [0.05, 0.1) is 66.4 Å². The minimum Gasteiger partial charge on any atom is -0.454 e. The van der Waals surface area contributed by atoms with Gasteiger partial charge < -0.3 is 18.0 Å². The van der Waals surface area contributed by atoms with Crippen molar-refractivity contribution in [2.75, 3.05) is 0 Å². The Balaban J connectivity index is 1.19. The molecule has 16 rings (SSSR count). The molecule has 72 heavy (non-hydrogen) atoms. The Morgan fingerprint density at radius 1 is 0.306 bits per heavy atom. The van der Waals surface area contributed by atoms with Crippen molar-refractivity contribution in [2.24, 2.45) is 0 Å². The summed E-state index contributed by atoms with van der Waals surface area (Å²) in [6.07, 6.45) is 0. The summed E-state index contributed by atoms with van der Waals surface area (Å²) in [5, 5.41) is 8.30. The van der Waals surface area contributed by atoms with Crippen LogP contribution in [0.15, 0.2) is 198 Å². The lowest BCUT2D eigenvalue weighted by molar-refractivity contribution is 0.651. The van der Waals surface area contributed by atoms with E-state index in [1.54, 1.807) is 36.4 Å². The molecular formula is C62H34N4O6. The second-order valence-electron chi connectivity index (χ2n) is 19.1. The molecular weight excluding hydrogens is 897 g/mol. The summed E-state index contributed by atoms with van der Waals surface area (Å²) in [6.45, 7) is 3.92. The standard InChI is InChI=1S/C62H34N4O6/c1-31-19-23-33(24-20-31)63-59(67)39-27-47(65-43-15-7-3-11-35(43)36-12-4-8-16-44(36)65)57-55-51(39)41(61(63)69)29-49-53(55)54-50(72-57)30-42-52-40(60(68)64(62(42)70)34-25-21-32(2)22-26-34)28-48(58(71-49)56(52)54)66-45-17-9-5-13-37(45)38-14-6-10-18-46(38)66/h3-30H,1-2H3. The fourth-order valence-corrected chi connectivity index (χ4v) is 12.1. The molecule has 10 aromatic carbocycles. The van der Waals surface area contributed by atoms with Gasteiger partial charge in [0.1, 0.15) is 11.2 Å². The second-order valence-corrected chi connectivity index (χ2v) is 19.1. The molecule has 0 aliphatic carbocycles. The summed E-state index contributed by atoms with van der Waals surface area (Å²) in [7, 11) is 0. The van der Waals surface area contributed by atoms with E-state index in [1.807, 2.05) is 123 Å². The molecule has 0 saturated carbocycles. The van der Waals surface area contributed by atoms with Crippen molar-refractivity contribution in [3.8, 4) is 22.7 Å². The Labute approximate surface area is 404 Å². The molecule has 0 radical (unpaired) electrons. The summed E-state index contributed by atoms with van der Waals surface area (Å²) in [5.74, 6) is 0. The van der Waals surface area contributed by atoms with Gasteiger partial charge in [0.15, 0.2) is 11.2 Å². The molecule has 0 saturated heterocycles. The monoisotopic (exact) mass is 930 g/mol. The summed E-state index contributed by atoms with van der Waals surface area (Å²) >= 11 is 0. The van der Waals surface area contributed by atoms with Crippen molar-refractivity contribution in [2.45, 2.75) is 13.8 Å². The lowest BCUT2D eigenvalue weighted by Crippen LogP contribution is -2.32. The predicted molar refractivity (Wildman–Crippen MR) is 289 cm³/mol. The quantitative estimate of drug-likeness (QED) is 0.128. The van der Waals surface area contributed by atoms with E-state index in [0.29, 0.717) is 88.2 Å². The molecule has 0 fully saturated rings. The van der Waals surface area contributed by atoms with E-state index >= 15 is 19.2 Å². The molecule has 16 aromatic rings. The van der Waals surface area contributed by atoms with Gasteiger partial charge >= 0.3 is 0 Å². The Hall–Kier alpha value is -9.80. The minimum atomic E-state index is -0.504. The molecule has 10 heteroatoms. The maximum absolute atomic E-state index is 15.3. The number of hydrogen-bond acceptors (Lipinski definition) is 6. The van der Waals surface area contributed by atoms with Gasteiger partial charge in [0, 0.05) is 53.9 Å². The lowest BCUT2D eigenvalue weighted by atomic mass is 9.90. The van der Waals surface area contributed by atoms with Crippen LogP contribution in [0.1, 0.15) is 11.1 Å². The fourth-order valence-electron chi connectivity index (χ4n) is 12.1. The first-order chi connectivity index (χ1) is 35.2. The van der Waals surface area contributed by atoms with Crippen molar-refractivity contribution in [3.05, 3.63) is 222 Å². The number of aromatic nitrogens is 4. The SMILES string of the molecule is Cc1ccc(-n2c(=O)c3cc(-n4c5ccccc5c5ccccc54)c4oc5cc6c(=O)n(-c7ccc(C)cc7)c(=O)c7cc(-n8c9ccccc9c9ccccc98)c8oc9cc(c2=O)c3c4c9c5c8c76)cc1. The van der Waals surface area contributed by atoms with Crippen LogP contribution < -0.4 is 22.2 Å². The molecule has 0 aliphatic heterocycles. The number of fused-ring (bicyclic) bond motifs is 6. The predicted octanol–water partition coefficient (Wildman–Crippen LogP) is 13.1. The van der Waals surface area contributed by atoms with Gasteiger partial charge in [0.25, 0.3) is 22.2 Å². The number of nitrogens with zero attached hydrogens (tertiary/aromatic N) is 4. The normalized spacial score (nSPS) is 12.5. The topological polar surface area (TPSA) is 114 Å². The first-order valence-electron chi connectivity index (χ1n) is 23.8. The third kappa shape index (κ3) is 4.78. The highest BCUT2D eigenvalue weighted by Crippen LogP contribution is 2.50. The van der Waals surface area contributed by atoms with E-state index in [0.717, 1.165) is 54.7 Å². The molecule has 0 N–H and O–H groups in total. The zero-order chi connectivity index (χ0) is 48.0. The highest BCUT2D eigenvalue weighted by Gasteiger charge is 2.32. The van der Waals surface area contributed by atoms with Crippen molar-refractivity contribution >= 4 is 120 Å².